The molecule has 0 saturated carbocycles. The van der Waals surface area contributed by atoms with Crippen molar-refractivity contribution in [2.24, 2.45) is 5.73 Å². The van der Waals surface area contributed by atoms with Crippen LogP contribution in [0.25, 0.3) is 16.9 Å². The molecule has 1 atom stereocenters. The molecule has 0 spiro atoms. The molecule has 7 nitrogen and oxygen atoms in total. The van der Waals surface area contributed by atoms with Gasteiger partial charge in [-0.05, 0) is 18.6 Å². The summed E-state index contributed by atoms with van der Waals surface area (Å²) >= 11 is 0. The lowest BCUT2D eigenvalue weighted by molar-refractivity contribution is -0.255. The van der Waals surface area contributed by atoms with Gasteiger partial charge in [-0.3, -0.25) is 9.20 Å². The van der Waals surface area contributed by atoms with Crippen molar-refractivity contribution in [3.05, 3.63) is 47.4 Å². The van der Waals surface area contributed by atoms with Gasteiger partial charge < -0.3 is 16.6 Å². The maximum absolute atomic E-state index is 13.4. The smallest absolute Gasteiger partial charge is 0.381 e. The number of nitrogen functional groups attached to an aromatic ring is 1. The number of nitrogens with zero attached hydrogens (tertiary/aromatic N) is 3. The van der Waals surface area contributed by atoms with Crippen LogP contribution in [0.2, 0.25) is 0 Å². The van der Waals surface area contributed by atoms with Gasteiger partial charge in [-0.25, -0.2) is 9.97 Å². The summed E-state index contributed by atoms with van der Waals surface area (Å²) in [5, 5.41) is 10.0. The fraction of sp³-hybridized carbons (Fsp3) is 0.235. The van der Waals surface area contributed by atoms with Crippen LogP contribution < -0.4 is 11.5 Å². The minimum atomic E-state index is -5.44. The van der Waals surface area contributed by atoms with E-state index in [1.54, 1.807) is 0 Å². The lowest BCUT2D eigenvalue weighted by Crippen LogP contribution is -2.52. The zero-order valence-electron chi connectivity index (χ0n) is 15.4. The summed E-state index contributed by atoms with van der Waals surface area (Å²) in [5.41, 5.74) is 4.12. The Kier molecular flexibility index (Phi) is 6.04. The molecule has 0 fully saturated rings. The maximum Gasteiger partial charge on any atom is 0.434 e. The second-order valence-corrected chi connectivity index (χ2v) is 6.45. The SMILES string of the molecule is Br.Cc1ccc(C(O)(C(N)=O)C(F)(F)F)cc1-c1cnc2c(N)nc(C(F)(F)F)cn12. The summed E-state index contributed by atoms with van der Waals surface area (Å²) in [6.07, 6.45) is -8.62. The number of imidazole rings is 1. The first-order valence-corrected chi connectivity index (χ1v) is 8.09. The molecule has 31 heavy (non-hydrogen) atoms. The molecule has 1 amide bonds. The number of hydrogen-bond donors (Lipinski definition) is 3. The quantitative estimate of drug-likeness (QED) is 0.465. The molecular formula is C17H14BrF6N5O2. The third-order valence-electron chi connectivity index (χ3n) is 4.51. The first-order chi connectivity index (χ1) is 13.7. The number of primary amides is 1. The minimum absolute atomic E-state index is 0. The maximum atomic E-state index is 13.4. The molecule has 3 rings (SSSR count). The van der Waals surface area contributed by atoms with Crippen LogP contribution in [-0.4, -0.2) is 31.6 Å². The average Bonchev–Trinajstić information content (AvgIpc) is 3.04. The number of aryl methyl sites for hydroxylation is 1. The lowest BCUT2D eigenvalue weighted by Gasteiger charge is -2.28. The number of fused-ring (bicyclic) bond motifs is 1. The van der Waals surface area contributed by atoms with Gasteiger partial charge in [0.1, 0.15) is 0 Å². The molecule has 5 N–H and O–H groups in total. The number of aromatic nitrogens is 3. The molecule has 1 unspecified atom stereocenters. The topological polar surface area (TPSA) is 120 Å². The summed E-state index contributed by atoms with van der Waals surface area (Å²) in [6, 6.07) is 2.80. The molecule has 0 aliphatic heterocycles. The molecule has 2 aromatic heterocycles. The van der Waals surface area contributed by atoms with Crippen molar-refractivity contribution in [2.75, 3.05) is 5.73 Å². The second-order valence-electron chi connectivity index (χ2n) is 6.45. The molecule has 0 radical (unpaired) electrons. The van der Waals surface area contributed by atoms with E-state index < -0.39 is 40.9 Å². The van der Waals surface area contributed by atoms with Gasteiger partial charge in [-0.1, -0.05) is 12.1 Å². The molecule has 0 aliphatic carbocycles. The first-order valence-electron chi connectivity index (χ1n) is 8.09. The van der Waals surface area contributed by atoms with Crippen LogP contribution in [0.5, 0.6) is 0 Å². The molecule has 1 aromatic carbocycles. The molecule has 3 aromatic rings. The first kappa shape index (κ1) is 24.4. The highest BCUT2D eigenvalue weighted by molar-refractivity contribution is 8.93. The van der Waals surface area contributed by atoms with E-state index >= 15 is 0 Å². The highest BCUT2D eigenvalue weighted by Crippen LogP contribution is 2.41. The Morgan fingerprint density at radius 3 is 2.29 bits per heavy atom. The van der Waals surface area contributed by atoms with Crippen molar-refractivity contribution < 1.29 is 36.2 Å². The Morgan fingerprint density at radius 1 is 1.16 bits per heavy atom. The largest absolute Gasteiger partial charge is 0.434 e. The number of amides is 1. The Balaban J connectivity index is 0.00000341. The molecule has 0 saturated heterocycles. The van der Waals surface area contributed by atoms with Gasteiger partial charge in [-0.2, -0.15) is 26.3 Å². The van der Waals surface area contributed by atoms with E-state index in [2.05, 4.69) is 9.97 Å². The molecule has 0 aliphatic rings. The Labute approximate surface area is 180 Å². The summed E-state index contributed by atoms with van der Waals surface area (Å²) in [4.78, 5) is 18.5. The number of rotatable bonds is 3. The number of halogens is 7. The summed E-state index contributed by atoms with van der Waals surface area (Å²) in [6.45, 7) is 1.46. The number of anilines is 1. The van der Waals surface area contributed by atoms with Gasteiger partial charge in [0.2, 0.25) is 0 Å². The number of alkyl halides is 6. The van der Waals surface area contributed by atoms with E-state index in [0.29, 0.717) is 11.8 Å². The van der Waals surface area contributed by atoms with Crippen molar-refractivity contribution in [1.29, 1.82) is 0 Å². The normalized spacial score (nSPS) is 14.2. The zero-order valence-corrected chi connectivity index (χ0v) is 17.1. The monoisotopic (exact) mass is 513 g/mol. The van der Waals surface area contributed by atoms with Crippen molar-refractivity contribution in [3.8, 4) is 11.3 Å². The highest BCUT2D eigenvalue weighted by atomic mass is 79.9. The Bertz CT molecular complexity index is 1160. The third kappa shape index (κ3) is 3.92. The zero-order chi connectivity index (χ0) is 22.6. The van der Waals surface area contributed by atoms with Crippen molar-refractivity contribution in [1.82, 2.24) is 14.4 Å². The number of carbonyl (C=O) groups excluding carboxylic acids is 1. The Morgan fingerprint density at radius 2 is 1.77 bits per heavy atom. The minimum Gasteiger partial charge on any atom is -0.381 e. The average molecular weight is 514 g/mol. The van der Waals surface area contributed by atoms with E-state index in [1.165, 1.54) is 6.92 Å². The van der Waals surface area contributed by atoms with E-state index in [9.17, 15) is 36.2 Å². The van der Waals surface area contributed by atoms with Gasteiger partial charge in [0.25, 0.3) is 11.5 Å². The van der Waals surface area contributed by atoms with Gasteiger partial charge in [0, 0.05) is 17.3 Å². The lowest BCUT2D eigenvalue weighted by atomic mass is 9.89. The van der Waals surface area contributed by atoms with Gasteiger partial charge in [-0.15, -0.1) is 17.0 Å². The number of nitrogens with two attached hydrogens (primary N) is 2. The van der Waals surface area contributed by atoms with E-state index in [1.807, 2.05) is 0 Å². The summed E-state index contributed by atoms with van der Waals surface area (Å²) in [5.74, 6) is -2.61. The molecule has 168 valence electrons. The van der Waals surface area contributed by atoms with Crippen LogP contribution in [-0.2, 0) is 16.6 Å². The van der Waals surface area contributed by atoms with Crippen LogP contribution in [0, 0.1) is 6.92 Å². The number of hydrogen-bond acceptors (Lipinski definition) is 5. The van der Waals surface area contributed by atoms with Crippen LogP contribution in [0.3, 0.4) is 0 Å². The van der Waals surface area contributed by atoms with Gasteiger partial charge in [0.15, 0.2) is 17.2 Å². The van der Waals surface area contributed by atoms with Crippen molar-refractivity contribution >= 4 is 34.4 Å². The van der Waals surface area contributed by atoms with Gasteiger partial charge >= 0.3 is 12.4 Å². The number of aliphatic hydroxyl groups is 1. The van der Waals surface area contributed by atoms with Crippen LogP contribution in [0.1, 0.15) is 16.8 Å². The van der Waals surface area contributed by atoms with Crippen LogP contribution >= 0.6 is 17.0 Å². The predicted octanol–water partition coefficient (Wildman–Crippen LogP) is 3.12. The van der Waals surface area contributed by atoms with Crippen molar-refractivity contribution in [3.63, 3.8) is 0 Å². The molecular weight excluding hydrogens is 500 g/mol. The summed E-state index contributed by atoms with van der Waals surface area (Å²) < 4.78 is 80.4. The van der Waals surface area contributed by atoms with Crippen molar-refractivity contribution in [2.45, 2.75) is 24.9 Å². The number of carbonyl (C=O) groups is 1. The van der Waals surface area contributed by atoms with E-state index in [4.69, 9.17) is 11.5 Å². The van der Waals surface area contributed by atoms with E-state index in [0.717, 1.165) is 28.8 Å². The Hall–Kier alpha value is -2.87. The molecule has 0 bridgehead atoms. The third-order valence-corrected chi connectivity index (χ3v) is 4.51. The summed E-state index contributed by atoms with van der Waals surface area (Å²) in [7, 11) is 0. The van der Waals surface area contributed by atoms with Gasteiger partial charge in [0.05, 0.1) is 11.9 Å². The van der Waals surface area contributed by atoms with Crippen LogP contribution in [0.15, 0.2) is 30.6 Å². The fourth-order valence-electron chi connectivity index (χ4n) is 2.92. The predicted molar refractivity (Wildman–Crippen MR) is 102 cm³/mol. The molecule has 14 heteroatoms. The standard InChI is InChI=1S/C17H13F6N5O2.BrH/c1-7-2-3-8(15(30,14(25)29)17(21,22)23)4-9(7)10-5-26-13-12(24)27-11(6-28(10)13)16(18,19)20;/h2-6,30H,1H3,(H2,24,27)(H2,25,29);1H. The second kappa shape index (κ2) is 7.67. The highest BCUT2D eigenvalue weighted by Gasteiger charge is 2.60. The molecule has 2 heterocycles. The number of benzene rings is 1. The van der Waals surface area contributed by atoms with Crippen LogP contribution in [0.4, 0.5) is 32.2 Å². The van der Waals surface area contributed by atoms with E-state index in [-0.39, 0.29) is 33.9 Å². The fourth-order valence-corrected chi connectivity index (χ4v) is 2.92.